The van der Waals surface area contributed by atoms with Crippen LogP contribution in [0.3, 0.4) is 0 Å². The number of Topliss-reactive ketones (excluding diaryl/α,β-unsaturated/α-hetero) is 1. The first-order chi connectivity index (χ1) is 16.6. The number of hydrogen-bond donors (Lipinski definition) is 1. The van der Waals surface area contributed by atoms with Crippen molar-refractivity contribution in [1.82, 2.24) is 9.78 Å². The second-order valence-electron chi connectivity index (χ2n) is 10.7. The summed E-state index contributed by atoms with van der Waals surface area (Å²) in [4.78, 5) is 13.8. The van der Waals surface area contributed by atoms with Crippen molar-refractivity contribution in [3.8, 4) is 0 Å². The summed E-state index contributed by atoms with van der Waals surface area (Å²) in [6.45, 7) is 19.0. The second kappa shape index (κ2) is 10.8. The Kier molecular flexibility index (Phi) is 8.25. The maximum absolute atomic E-state index is 13.8. The predicted molar refractivity (Wildman–Crippen MR) is 148 cm³/mol. The van der Waals surface area contributed by atoms with Gasteiger partial charge >= 0.3 is 0 Å². The monoisotopic (exact) mass is 473 g/mol. The molecule has 0 aliphatic carbocycles. The van der Waals surface area contributed by atoms with E-state index in [0.717, 1.165) is 48.3 Å². The number of aryl methyl sites for hydroxylation is 1. The zero-order valence-corrected chi connectivity index (χ0v) is 22.7. The number of nitrogens with zero attached hydrogens (tertiary/aromatic N) is 2. The molecule has 1 atom stereocenters. The van der Waals surface area contributed by atoms with Crippen LogP contribution in [0.5, 0.6) is 0 Å². The molecule has 1 aliphatic rings. The number of hydrogen-bond acceptors (Lipinski definition) is 3. The highest BCUT2D eigenvalue weighted by Crippen LogP contribution is 2.43. The third kappa shape index (κ3) is 5.52. The lowest BCUT2D eigenvalue weighted by Crippen LogP contribution is -2.38. The van der Waals surface area contributed by atoms with Gasteiger partial charge in [0.2, 0.25) is 0 Å². The molecule has 0 fully saturated rings. The van der Waals surface area contributed by atoms with Crippen molar-refractivity contribution in [1.29, 1.82) is 0 Å². The van der Waals surface area contributed by atoms with Crippen molar-refractivity contribution in [2.45, 2.75) is 92.2 Å². The topological polar surface area (TPSA) is 46.9 Å². The summed E-state index contributed by atoms with van der Waals surface area (Å²) in [5, 5.41) is 8.52. The first-order valence-electron chi connectivity index (χ1n) is 13.0. The Hall–Kier alpha value is -2.88. The number of allylic oxidation sites excluding steroid dienone is 5. The molecule has 1 aliphatic heterocycles. The van der Waals surface area contributed by atoms with Gasteiger partial charge in [0.1, 0.15) is 5.82 Å². The van der Waals surface area contributed by atoms with Crippen LogP contribution in [-0.4, -0.2) is 15.6 Å². The Morgan fingerprint density at radius 3 is 2.46 bits per heavy atom. The highest BCUT2D eigenvalue weighted by Gasteiger charge is 2.38. The molecule has 188 valence electrons. The molecule has 0 saturated heterocycles. The highest BCUT2D eigenvalue weighted by atomic mass is 16.1. The fourth-order valence-electron chi connectivity index (χ4n) is 5.57. The Labute approximate surface area is 212 Å². The van der Waals surface area contributed by atoms with E-state index in [1.807, 2.05) is 24.6 Å². The van der Waals surface area contributed by atoms with Crippen molar-refractivity contribution in [3.63, 3.8) is 0 Å². The fourth-order valence-corrected chi connectivity index (χ4v) is 5.57. The summed E-state index contributed by atoms with van der Waals surface area (Å²) in [6, 6.07) is 10.6. The Bertz CT molecular complexity index is 1110. The molecule has 4 nitrogen and oxygen atoms in total. The van der Waals surface area contributed by atoms with Gasteiger partial charge in [-0.2, -0.15) is 5.10 Å². The third-order valence-corrected chi connectivity index (χ3v) is 7.78. The number of fused-ring (bicyclic) bond motifs is 1. The zero-order valence-electron chi connectivity index (χ0n) is 22.7. The fraction of sp³-hybridized carbons (Fsp3) is 0.484. The highest BCUT2D eigenvalue weighted by molar-refractivity contribution is 6.02. The van der Waals surface area contributed by atoms with Crippen molar-refractivity contribution >= 4 is 11.6 Å². The number of benzene rings is 1. The molecule has 0 radical (unpaired) electrons. The summed E-state index contributed by atoms with van der Waals surface area (Å²) in [5.74, 6) is 1.04. The zero-order chi connectivity index (χ0) is 25.8. The largest absolute Gasteiger partial charge is 0.363 e. The first-order valence-corrected chi connectivity index (χ1v) is 13.0. The van der Waals surface area contributed by atoms with Crippen LogP contribution in [0.1, 0.15) is 101 Å². The van der Waals surface area contributed by atoms with Crippen molar-refractivity contribution in [3.05, 3.63) is 83.1 Å². The quantitative estimate of drug-likeness (QED) is 0.279. The van der Waals surface area contributed by atoms with Crippen molar-refractivity contribution < 1.29 is 4.79 Å². The predicted octanol–water partition coefficient (Wildman–Crippen LogP) is 8.33. The number of carbonyl (C=O) groups is 1. The summed E-state index contributed by atoms with van der Waals surface area (Å²) >= 11 is 0. The minimum absolute atomic E-state index is 0.0310. The van der Waals surface area contributed by atoms with E-state index in [2.05, 4.69) is 89.0 Å². The number of ketones is 1. The molecule has 0 amide bonds. The number of aromatic nitrogens is 2. The normalized spacial score (nSPS) is 17.8. The lowest BCUT2D eigenvalue weighted by Gasteiger charge is -2.38. The molecule has 2 aromatic rings. The lowest BCUT2D eigenvalue weighted by atomic mass is 9.71. The van der Waals surface area contributed by atoms with Crippen LogP contribution in [0.25, 0.3) is 0 Å². The second-order valence-corrected chi connectivity index (χ2v) is 10.7. The average Bonchev–Trinajstić information content (AvgIpc) is 3.18. The summed E-state index contributed by atoms with van der Waals surface area (Å²) in [5.41, 5.74) is 4.90. The molecule has 1 N–H and O–H groups in total. The van der Waals surface area contributed by atoms with Crippen molar-refractivity contribution in [2.24, 2.45) is 5.41 Å². The average molecular weight is 474 g/mol. The van der Waals surface area contributed by atoms with Crippen LogP contribution < -0.4 is 5.32 Å². The van der Waals surface area contributed by atoms with Crippen LogP contribution in [0.15, 0.2) is 66.3 Å². The van der Waals surface area contributed by atoms with Gasteiger partial charge in [-0.25, -0.2) is 4.68 Å². The van der Waals surface area contributed by atoms with Gasteiger partial charge in [-0.15, -0.1) is 0 Å². The van der Waals surface area contributed by atoms with Crippen LogP contribution in [0, 0.1) is 12.3 Å². The van der Waals surface area contributed by atoms with Gasteiger partial charge < -0.3 is 5.32 Å². The molecular formula is C31H43N3O. The van der Waals surface area contributed by atoms with E-state index in [1.54, 1.807) is 0 Å². The lowest BCUT2D eigenvalue weighted by molar-refractivity contribution is 0.0962. The van der Waals surface area contributed by atoms with Gasteiger partial charge in [0.25, 0.3) is 0 Å². The first kappa shape index (κ1) is 26.7. The Morgan fingerprint density at radius 2 is 1.89 bits per heavy atom. The minimum atomic E-state index is -0.188. The Balaban J connectivity index is 1.91. The van der Waals surface area contributed by atoms with E-state index < -0.39 is 0 Å². The number of anilines is 1. The van der Waals surface area contributed by atoms with Gasteiger partial charge in [0.05, 0.1) is 22.8 Å². The maximum atomic E-state index is 13.8. The van der Waals surface area contributed by atoms with E-state index in [4.69, 9.17) is 5.10 Å². The molecule has 0 saturated carbocycles. The van der Waals surface area contributed by atoms with Gasteiger partial charge in [-0.05, 0) is 76.9 Å². The van der Waals surface area contributed by atoms with Gasteiger partial charge in [-0.1, -0.05) is 74.6 Å². The van der Waals surface area contributed by atoms with E-state index >= 15 is 0 Å². The van der Waals surface area contributed by atoms with Gasteiger partial charge in [-0.3, -0.25) is 4.79 Å². The van der Waals surface area contributed by atoms with Crippen LogP contribution in [0.4, 0.5) is 5.82 Å². The molecule has 0 unspecified atom stereocenters. The summed E-state index contributed by atoms with van der Waals surface area (Å²) in [6.07, 6.45) is 10.7. The molecule has 1 aromatic heterocycles. The standard InChI is InChI=1S/C31H43N3O/c1-9-25(18-17-22(4)5)31(10-2,11-3)20-19-27(35)28-23(6)33-34-29(28)32-26(21-30(34,7)8)24-15-13-12-14-16-24/h9,12-18,26,32H,4,10-11,19-21H2,1-3,5-8H3/b18-17-,25-9+/t26-/m1/s1. The molecule has 1 aromatic carbocycles. The molecule has 2 heterocycles. The van der Waals surface area contributed by atoms with E-state index in [9.17, 15) is 4.79 Å². The molecule has 3 rings (SSSR count). The molecule has 35 heavy (non-hydrogen) atoms. The molecule has 4 heteroatoms. The number of rotatable bonds is 10. The van der Waals surface area contributed by atoms with E-state index in [-0.39, 0.29) is 22.8 Å². The molecule has 0 bridgehead atoms. The molecular weight excluding hydrogens is 430 g/mol. The number of nitrogens with one attached hydrogen (secondary N) is 1. The molecule has 0 spiro atoms. The van der Waals surface area contributed by atoms with Gasteiger partial charge in [0.15, 0.2) is 5.78 Å². The SMILES string of the molecule is C=C(C)/C=C\C(=C/C)C(CC)(CC)CCC(=O)c1c(C)nn2c1N[C@@H](c1ccccc1)CC2(C)C. The van der Waals surface area contributed by atoms with Crippen molar-refractivity contribution in [2.75, 3.05) is 5.32 Å². The Morgan fingerprint density at radius 1 is 1.23 bits per heavy atom. The summed E-state index contributed by atoms with van der Waals surface area (Å²) in [7, 11) is 0. The van der Waals surface area contributed by atoms with Crippen LogP contribution >= 0.6 is 0 Å². The van der Waals surface area contributed by atoms with Crippen LogP contribution in [0.2, 0.25) is 0 Å². The maximum Gasteiger partial charge on any atom is 0.168 e. The number of carbonyl (C=O) groups excluding carboxylic acids is 1. The van der Waals surface area contributed by atoms with Crippen LogP contribution in [-0.2, 0) is 5.54 Å². The third-order valence-electron chi connectivity index (χ3n) is 7.78. The smallest absolute Gasteiger partial charge is 0.168 e. The van der Waals surface area contributed by atoms with E-state index in [0.29, 0.717) is 6.42 Å². The van der Waals surface area contributed by atoms with Gasteiger partial charge in [0, 0.05) is 6.42 Å². The minimum Gasteiger partial charge on any atom is -0.363 e. The van der Waals surface area contributed by atoms with E-state index in [1.165, 1.54) is 11.1 Å². The summed E-state index contributed by atoms with van der Waals surface area (Å²) < 4.78 is 2.04.